The molecule has 3 aliphatic carbocycles. The number of pyridine rings is 1. The molecular formula is C32H26N2O2. The molecule has 2 aromatic rings. The summed E-state index contributed by atoms with van der Waals surface area (Å²) in [5.74, 6) is -0.0152. The molecule has 5 aliphatic rings. The third-order valence-electron chi connectivity index (χ3n) is 7.21. The minimum atomic E-state index is -0.0600. The van der Waals surface area contributed by atoms with Crippen LogP contribution in [-0.4, -0.2) is 21.5 Å². The highest BCUT2D eigenvalue weighted by atomic mass is 16.1. The molecule has 0 unspecified atom stereocenters. The highest BCUT2D eigenvalue weighted by molar-refractivity contribution is 6.29. The number of nitrogens with zero attached hydrogens (tertiary/aromatic N) is 1. The van der Waals surface area contributed by atoms with E-state index < -0.39 is 0 Å². The lowest BCUT2D eigenvalue weighted by atomic mass is 9.72. The maximum atomic E-state index is 13.6. The molecule has 0 fully saturated rings. The Morgan fingerprint density at radius 2 is 1.75 bits per heavy atom. The Kier molecular flexibility index (Phi) is 5.78. The molecule has 1 N–H and O–H groups in total. The van der Waals surface area contributed by atoms with Crippen LogP contribution < -0.4 is 0 Å². The maximum absolute atomic E-state index is 13.6. The Morgan fingerprint density at radius 1 is 0.889 bits per heavy atom. The highest BCUT2D eigenvalue weighted by Crippen LogP contribution is 2.42. The van der Waals surface area contributed by atoms with Crippen LogP contribution in [0.3, 0.4) is 0 Å². The number of fused-ring (bicyclic) bond motifs is 6. The van der Waals surface area contributed by atoms with Gasteiger partial charge in [0.25, 0.3) is 0 Å². The van der Waals surface area contributed by atoms with E-state index in [0.29, 0.717) is 17.6 Å². The molecule has 2 aromatic carbocycles. The number of benzene rings is 2. The third kappa shape index (κ3) is 3.95. The van der Waals surface area contributed by atoms with Crippen LogP contribution >= 0.6 is 0 Å². The molecule has 0 radical (unpaired) electrons. The molecule has 4 nitrogen and oxygen atoms in total. The largest absolute Gasteiger partial charge is 0.360 e. The molecule has 0 amide bonds. The number of rotatable bonds is 2. The fraction of sp³-hybridized carbons (Fsp3) is 0.156. The molecule has 0 aromatic heterocycles. The lowest BCUT2D eigenvalue weighted by Gasteiger charge is -2.29. The summed E-state index contributed by atoms with van der Waals surface area (Å²) in [6.45, 7) is 0. The van der Waals surface area contributed by atoms with Gasteiger partial charge in [-0.1, -0.05) is 54.6 Å². The van der Waals surface area contributed by atoms with Gasteiger partial charge < -0.3 is 4.98 Å². The van der Waals surface area contributed by atoms with Gasteiger partial charge in [-0.2, -0.15) is 0 Å². The van der Waals surface area contributed by atoms with Crippen molar-refractivity contribution in [1.82, 2.24) is 9.97 Å². The van der Waals surface area contributed by atoms with Crippen molar-refractivity contribution in [2.24, 2.45) is 0 Å². The van der Waals surface area contributed by atoms with Gasteiger partial charge in [0, 0.05) is 41.1 Å². The van der Waals surface area contributed by atoms with E-state index in [9.17, 15) is 9.59 Å². The fourth-order valence-electron chi connectivity index (χ4n) is 5.49. The molecule has 0 bridgehead atoms. The summed E-state index contributed by atoms with van der Waals surface area (Å²) >= 11 is 0. The van der Waals surface area contributed by atoms with Crippen LogP contribution in [0.1, 0.15) is 45.5 Å². The van der Waals surface area contributed by atoms with Gasteiger partial charge in [-0.25, -0.2) is 0 Å². The second-order valence-corrected chi connectivity index (χ2v) is 9.43. The first-order chi connectivity index (χ1) is 17.7. The van der Waals surface area contributed by atoms with Crippen LogP contribution in [0.4, 0.5) is 0 Å². The smallest absolute Gasteiger partial charge is 0.191 e. The minimum Gasteiger partial charge on any atom is -0.360 e. The highest BCUT2D eigenvalue weighted by Gasteiger charge is 2.35. The van der Waals surface area contributed by atoms with Gasteiger partial charge in [0.15, 0.2) is 11.6 Å². The summed E-state index contributed by atoms with van der Waals surface area (Å²) < 4.78 is 0. The van der Waals surface area contributed by atoms with Gasteiger partial charge in [-0.05, 0) is 71.7 Å². The molecule has 0 spiro atoms. The number of nitrogens with one attached hydrogen (secondary N) is 1. The van der Waals surface area contributed by atoms with Crippen molar-refractivity contribution >= 4 is 17.1 Å². The molecule has 7 rings (SSSR count). The zero-order chi connectivity index (χ0) is 24.5. The number of carbonyl (C=O) groups is 2. The van der Waals surface area contributed by atoms with Crippen molar-refractivity contribution < 1.29 is 9.59 Å². The quantitative estimate of drug-likeness (QED) is 0.372. The number of aryl methyl sites for hydroxylation is 1. The van der Waals surface area contributed by atoms with E-state index in [1.54, 1.807) is 12.2 Å². The molecule has 36 heavy (non-hydrogen) atoms. The molecule has 0 saturated carbocycles. The van der Waals surface area contributed by atoms with E-state index in [1.807, 2.05) is 67.1 Å². The average molecular weight is 471 g/mol. The molecule has 2 aliphatic heterocycles. The maximum Gasteiger partial charge on any atom is 0.191 e. The molecular weight excluding hydrogens is 444 g/mol. The zero-order valence-corrected chi connectivity index (χ0v) is 20.0. The average Bonchev–Trinajstić information content (AvgIpc) is 3.41. The number of ketones is 2. The Balaban J connectivity index is 0.000000223. The predicted molar refractivity (Wildman–Crippen MR) is 142 cm³/mol. The first-order valence-electron chi connectivity index (χ1n) is 12.5. The number of allylic oxidation sites excluding steroid dienone is 6. The summed E-state index contributed by atoms with van der Waals surface area (Å²) in [5, 5.41) is 0. The Morgan fingerprint density at radius 3 is 2.61 bits per heavy atom. The van der Waals surface area contributed by atoms with Crippen LogP contribution in [0.25, 0.3) is 16.8 Å². The van der Waals surface area contributed by atoms with Crippen molar-refractivity contribution in [1.29, 1.82) is 0 Å². The SMILES string of the molecule is O=C1C=CC=C2C1=C(Cc1ccccc1)C(=O)c1c2ccc2c1CCCC2.c1c[nH]c2cncc-2c1. The fourth-order valence-corrected chi connectivity index (χ4v) is 5.49. The van der Waals surface area contributed by atoms with Gasteiger partial charge in [0.05, 0.1) is 11.9 Å². The predicted octanol–water partition coefficient (Wildman–Crippen LogP) is 6.34. The molecule has 176 valence electrons. The van der Waals surface area contributed by atoms with E-state index in [-0.39, 0.29) is 11.6 Å². The van der Waals surface area contributed by atoms with Crippen molar-refractivity contribution in [3.05, 3.63) is 130 Å². The van der Waals surface area contributed by atoms with Gasteiger partial charge in [-0.15, -0.1) is 0 Å². The van der Waals surface area contributed by atoms with Crippen LogP contribution in [0.2, 0.25) is 0 Å². The number of Topliss-reactive ketones (excluding diaryl/α,β-unsaturated/α-hetero) is 1. The lowest BCUT2D eigenvalue weighted by Crippen LogP contribution is -2.25. The second kappa shape index (κ2) is 9.38. The van der Waals surface area contributed by atoms with Crippen LogP contribution in [-0.2, 0) is 24.1 Å². The summed E-state index contributed by atoms with van der Waals surface area (Å²) in [6.07, 6.45) is 15.7. The van der Waals surface area contributed by atoms with E-state index in [4.69, 9.17) is 0 Å². The number of aromatic nitrogens is 2. The Hall–Kier alpha value is -4.31. The van der Waals surface area contributed by atoms with E-state index in [2.05, 4.69) is 22.1 Å². The second-order valence-electron chi connectivity index (χ2n) is 9.43. The summed E-state index contributed by atoms with van der Waals surface area (Å²) in [7, 11) is 0. The van der Waals surface area contributed by atoms with Crippen molar-refractivity contribution in [3.8, 4) is 11.3 Å². The van der Waals surface area contributed by atoms with E-state index >= 15 is 0 Å². The van der Waals surface area contributed by atoms with Crippen LogP contribution in [0.15, 0.2) is 103 Å². The Bertz CT molecular complexity index is 1510. The van der Waals surface area contributed by atoms with Crippen molar-refractivity contribution in [2.75, 3.05) is 0 Å². The number of hydrogen-bond donors (Lipinski definition) is 1. The number of H-pyrrole nitrogens is 1. The van der Waals surface area contributed by atoms with E-state index in [1.165, 1.54) is 17.5 Å². The first kappa shape index (κ1) is 22.2. The van der Waals surface area contributed by atoms with Crippen LogP contribution in [0, 0.1) is 0 Å². The lowest BCUT2D eigenvalue weighted by molar-refractivity contribution is -0.111. The minimum absolute atomic E-state index is 0.0448. The van der Waals surface area contributed by atoms with Crippen LogP contribution in [0.5, 0.6) is 0 Å². The van der Waals surface area contributed by atoms with Gasteiger partial charge >= 0.3 is 0 Å². The number of hydrogen-bond acceptors (Lipinski definition) is 3. The van der Waals surface area contributed by atoms with Crippen molar-refractivity contribution in [2.45, 2.75) is 32.1 Å². The normalized spacial score (nSPS) is 16.1. The summed E-state index contributed by atoms with van der Waals surface area (Å²) in [4.78, 5) is 33.4. The molecule has 2 heterocycles. The monoisotopic (exact) mass is 470 g/mol. The first-order valence-corrected chi connectivity index (χ1v) is 12.5. The van der Waals surface area contributed by atoms with E-state index in [0.717, 1.165) is 52.8 Å². The molecule has 0 saturated heterocycles. The topological polar surface area (TPSA) is 62.8 Å². The standard InChI is InChI=1S/C25H20O2.C7H6N2/c26-22-12-6-11-19-20-14-13-17-9-4-5-10-18(17)24(20)25(27)21(23(19)22)15-16-7-2-1-3-8-16;1-2-6-4-8-5-7(6)9-3-1/h1-3,6-8,11-14H,4-5,9-10,15H2;1-5,9H. The van der Waals surface area contributed by atoms with Gasteiger partial charge in [-0.3, -0.25) is 14.6 Å². The zero-order valence-electron chi connectivity index (χ0n) is 20.0. The van der Waals surface area contributed by atoms with Crippen molar-refractivity contribution in [3.63, 3.8) is 0 Å². The Labute approximate surface area is 210 Å². The number of aromatic amines is 1. The summed E-state index contributed by atoms with van der Waals surface area (Å²) in [5.41, 5.74) is 9.75. The molecule has 4 heteroatoms. The molecule has 0 atom stereocenters. The van der Waals surface area contributed by atoms with Gasteiger partial charge in [0.2, 0.25) is 0 Å². The number of carbonyl (C=O) groups excluding carboxylic acids is 2. The third-order valence-corrected chi connectivity index (χ3v) is 7.21. The summed E-state index contributed by atoms with van der Waals surface area (Å²) in [6, 6.07) is 18.1. The van der Waals surface area contributed by atoms with Gasteiger partial charge in [0.1, 0.15) is 0 Å².